The Bertz CT molecular complexity index is 392. The van der Waals surface area contributed by atoms with E-state index in [1.807, 2.05) is 6.07 Å². The van der Waals surface area contributed by atoms with Crippen LogP contribution in [0.25, 0.3) is 0 Å². The highest BCUT2D eigenvalue weighted by atomic mass is 35.6. The molecule has 1 aromatic rings. The third-order valence-electron chi connectivity index (χ3n) is 2.66. The zero-order chi connectivity index (χ0) is 11.1. The number of alkyl halides is 3. The summed E-state index contributed by atoms with van der Waals surface area (Å²) in [6.07, 6.45) is 5.84. The van der Waals surface area contributed by atoms with Crippen molar-refractivity contribution in [2.75, 3.05) is 0 Å². The van der Waals surface area contributed by atoms with Crippen LogP contribution in [0.1, 0.15) is 28.9 Å². The first-order chi connectivity index (χ1) is 7.00. The monoisotopic (exact) mass is 265 g/mol. The Morgan fingerprint density at radius 1 is 1.27 bits per heavy atom. The van der Waals surface area contributed by atoms with Crippen molar-refractivity contribution < 1.29 is 4.79 Å². The lowest BCUT2D eigenvalue weighted by Crippen LogP contribution is -2.27. The molecule has 0 N–H and O–H groups in total. The molecule has 0 aromatic carbocycles. The average molecular weight is 267 g/mol. The largest absolute Gasteiger partial charge is 0.288 e. The Morgan fingerprint density at radius 2 is 1.93 bits per heavy atom. The molecule has 0 bridgehead atoms. The van der Waals surface area contributed by atoms with Crippen LogP contribution in [0.4, 0.5) is 0 Å². The van der Waals surface area contributed by atoms with Crippen molar-refractivity contribution >= 4 is 40.7 Å². The molecule has 0 amide bonds. The molecule has 0 atom stereocenters. The minimum absolute atomic E-state index is 0.490. The lowest BCUT2D eigenvalue weighted by molar-refractivity contribution is 0.0914. The molecule has 1 aliphatic rings. The van der Waals surface area contributed by atoms with E-state index in [9.17, 15) is 4.79 Å². The molecule has 0 radical (unpaired) electrons. The minimum atomic E-state index is -1.87. The number of nitrogens with zero attached hydrogens (tertiary/aromatic N) is 1. The summed E-state index contributed by atoms with van der Waals surface area (Å²) in [7, 11) is 0. The molecule has 1 aliphatic carbocycles. The summed E-state index contributed by atoms with van der Waals surface area (Å²) >= 11 is 16.7. The molecule has 0 fully saturated rings. The fraction of sp³-hybridized carbons (Fsp3) is 0.500. The average Bonchev–Trinajstić information content (AvgIpc) is 2.58. The van der Waals surface area contributed by atoms with Crippen LogP contribution in [0.15, 0.2) is 12.3 Å². The SMILES string of the molecule is O=C(n1ccc2c1CCCC2)C(Cl)(Cl)Cl. The highest BCUT2D eigenvalue weighted by Gasteiger charge is 2.33. The summed E-state index contributed by atoms with van der Waals surface area (Å²) < 4.78 is -0.397. The Kier molecular flexibility index (Phi) is 3.02. The van der Waals surface area contributed by atoms with Gasteiger partial charge in [0.1, 0.15) is 0 Å². The Hall–Kier alpha value is -0.180. The lowest BCUT2D eigenvalue weighted by Gasteiger charge is -2.17. The molecule has 2 rings (SSSR count). The van der Waals surface area contributed by atoms with Gasteiger partial charge in [0.2, 0.25) is 0 Å². The van der Waals surface area contributed by atoms with E-state index < -0.39 is 9.70 Å². The first-order valence-electron chi connectivity index (χ1n) is 4.81. The second kappa shape index (κ2) is 4.00. The van der Waals surface area contributed by atoms with Gasteiger partial charge in [0.15, 0.2) is 0 Å². The number of rotatable bonds is 0. The Labute approximate surface area is 103 Å². The Balaban J connectivity index is 2.37. The fourth-order valence-corrected chi connectivity index (χ4v) is 2.22. The van der Waals surface area contributed by atoms with E-state index in [4.69, 9.17) is 34.8 Å². The molecule has 1 aromatic heterocycles. The number of fused-ring (bicyclic) bond motifs is 1. The maximum atomic E-state index is 11.8. The first-order valence-corrected chi connectivity index (χ1v) is 5.94. The minimum Gasteiger partial charge on any atom is -0.288 e. The summed E-state index contributed by atoms with van der Waals surface area (Å²) in [6.45, 7) is 0. The van der Waals surface area contributed by atoms with Crippen molar-refractivity contribution in [2.45, 2.75) is 29.5 Å². The Morgan fingerprint density at radius 3 is 2.60 bits per heavy atom. The normalized spacial score (nSPS) is 16.2. The predicted molar refractivity (Wildman–Crippen MR) is 62.0 cm³/mol. The first kappa shape index (κ1) is 11.3. The third-order valence-corrected chi connectivity index (χ3v) is 3.14. The maximum Gasteiger partial charge on any atom is 0.282 e. The second-order valence-electron chi connectivity index (χ2n) is 3.67. The van der Waals surface area contributed by atoms with Crippen molar-refractivity contribution in [3.8, 4) is 0 Å². The van der Waals surface area contributed by atoms with Crippen LogP contribution in [0, 0.1) is 0 Å². The van der Waals surface area contributed by atoms with Gasteiger partial charge < -0.3 is 0 Å². The standard InChI is InChI=1S/C10H10Cl3NO/c11-10(12,13)9(15)14-6-5-7-3-1-2-4-8(7)14/h5-6H,1-4H2. The van der Waals surface area contributed by atoms with Gasteiger partial charge in [-0.05, 0) is 37.3 Å². The molecule has 0 unspecified atom stereocenters. The van der Waals surface area contributed by atoms with Crippen LogP contribution in [0.5, 0.6) is 0 Å². The van der Waals surface area contributed by atoms with Gasteiger partial charge in [-0.2, -0.15) is 0 Å². The van der Waals surface area contributed by atoms with Gasteiger partial charge in [0.05, 0.1) is 0 Å². The summed E-state index contributed by atoms with van der Waals surface area (Å²) in [6, 6.07) is 1.93. The molecule has 0 saturated carbocycles. The van der Waals surface area contributed by atoms with E-state index in [2.05, 4.69) is 0 Å². The zero-order valence-electron chi connectivity index (χ0n) is 7.97. The number of hydrogen-bond donors (Lipinski definition) is 0. The van der Waals surface area contributed by atoms with E-state index in [1.165, 1.54) is 16.6 Å². The molecule has 15 heavy (non-hydrogen) atoms. The maximum absolute atomic E-state index is 11.8. The molecule has 0 aliphatic heterocycles. The number of carbonyl (C=O) groups is 1. The summed E-state index contributed by atoms with van der Waals surface area (Å²) in [5.41, 5.74) is 2.20. The highest BCUT2D eigenvalue weighted by molar-refractivity contribution is 6.76. The highest BCUT2D eigenvalue weighted by Crippen LogP contribution is 2.31. The lowest BCUT2D eigenvalue weighted by atomic mass is 9.98. The quantitative estimate of drug-likeness (QED) is 0.660. The van der Waals surface area contributed by atoms with Crippen LogP contribution < -0.4 is 0 Å². The molecule has 0 saturated heterocycles. The molecule has 1 heterocycles. The number of carbonyl (C=O) groups excluding carboxylic acids is 1. The van der Waals surface area contributed by atoms with Crippen LogP contribution >= 0.6 is 34.8 Å². The van der Waals surface area contributed by atoms with Gasteiger partial charge in [-0.25, -0.2) is 0 Å². The van der Waals surface area contributed by atoms with Gasteiger partial charge in [-0.15, -0.1) is 0 Å². The van der Waals surface area contributed by atoms with Crippen molar-refractivity contribution in [2.24, 2.45) is 0 Å². The van der Waals surface area contributed by atoms with E-state index >= 15 is 0 Å². The summed E-state index contributed by atoms with van der Waals surface area (Å²) in [5.74, 6) is -0.490. The van der Waals surface area contributed by atoms with Crippen LogP contribution in [-0.2, 0) is 12.8 Å². The van der Waals surface area contributed by atoms with E-state index in [-0.39, 0.29) is 0 Å². The molecule has 5 heteroatoms. The van der Waals surface area contributed by atoms with E-state index in [0.29, 0.717) is 0 Å². The predicted octanol–water partition coefficient (Wildman–Crippen LogP) is 3.38. The molecular weight excluding hydrogens is 256 g/mol. The topological polar surface area (TPSA) is 22.0 Å². The number of aromatic nitrogens is 1. The van der Waals surface area contributed by atoms with Crippen molar-refractivity contribution in [3.05, 3.63) is 23.5 Å². The van der Waals surface area contributed by atoms with Gasteiger partial charge in [0, 0.05) is 11.9 Å². The third kappa shape index (κ3) is 2.17. The smallest absolute Gasteiger partial charge is 0.282 e. The van der Waals surface area contributed by atoms with Crippen LogP contribution in [0.3, 0.4) is 0 Å². The summed E-state index contributed by atoms with van der Waals surface area (Å²) in [4.78, 5) is 11.8. The molecule has 2 nitrogen and oxygen atoms in total. The van der Waals surface area contributed by atoms with Crippen molar-refractivity contribution in [3.63, 3.8) is 0 Å². The van der Waals surface area contributed by atoms with E-state index in [1.54, 1.807) is 6.20 Å². The second-order valence-corrected chi connectivity index (χ2v) is 5.95. The van der Waals surface area contributed by atoms with Crippen molar-refractivity contribution in [1.29, 1.82) is 0 Å². The molecule has 82 valence electrons. The zero-order valence-corrected chi connectivity index (χ0v) is 10.2. The number of halogens is 3. The molecular formula is C10H10Cl3NO. The molecule has 0 spiro atoms. The van der Waals surface area contributed by atoms with Crippen LogP contribution in [0.2, 0.25) is 0 Å². The van der Waals surface area contributed by atoms with Crippen molar-refractivity contribution in [1.82, 2.24) is 4.57 Å². The summed E-state index contributed by atoms with van der Waals surface area (Å²) in [5, 5.41) is 0. The fourth-order valence-electron chi connectivity index (χ4n) is 1.95. The van der Waals surface area contributed by atoms with Gasteiger partial charge in [0.25, 0.3) is 9.70 Å². The van der Waals surface area contributed by atoms with E-state index in [0.717, 1.165) is 25.0 Å². The van der Waals surface area contributed by atoms with Gasteiger partial charge >= 0.3 is 0 Å². The number of hydrogen-bond acceptors (Lipinski definition) is 1. The van der Waals surface area contributed by atoms with Gasteiger partial charge in [-0.3, -0.25) is 9.36 Å². The van der Waals surface area contributed by atoms with Gasteiger partial charge in [-0.1, -0.05) is 34.8 Å². The number of aryl methyl sites for hydroxylation is 1. The van der Waals surface area contributed by atoms with Crippen LogP contribution in [-0.4, -0.2) is 14.3 Å².